The molecule has 1 heterocycles. The van der Waals surface area contributed by atoms with Crippen LogP contribution >= 0.6 is 11.6 Å². The molecule has 11 heteroatoms. The number of rotatable bonds is 11. The third-order valence-electron chi connectivity index (χ3n) is 7.55. The molecule has 47 heavy (non-hydrogen) atoms. The number of carbonyl (C=O) groups excluding carboxylic acids is 1. The van der Waals surface area contributed by atoms with Gasteiger partial charge in [-0.1, -0.05) is 73.9 Å². The Morgan fingerprint density at radius 2 is 1.51 bits per heavy atom. The Morgan fingerprint density at radius 1 is 0.915 bits per heavy atom. The molecule has 0 spiro atoms. The third kappa shape index (κ3) is 10.3. The quantitative estimate of drug-likeness (QED) is 0.158. The second-order valence-corrected chi connectivity index (χ2v) is 14.0. The summed E-state index contributed by atoms with van der Waals surface area (Å²) in [5, 5.41) is 7.58. The van der Waals surface area contributed by atoms with Gasteiger partial charge in [-0.2, -0.15) is 0 Å². The van der Waals surface area contributed by atoms with Crippen LogP contribution < -0.4 is 39.6 Å². The Hall–Kier alpha value is -3.44. The van der Waals surface area contributed by atoms with E-state index in [4.69, 9.17) is 20.9 Å². The predicted molar refractivity (Wildman–Crippen MR) is 177 cm³/mol. The van der Waals surface area contributed by atoms with Gasteiger partial charge in [0.05, 0.1) is 21.6 Å². The summed E-state index contributed by atoms with van der Waals surface area (Å²) in [5.74, 6) is 0.735. The second kappa shape index (κ2) is 15.6. The van der Waals surface area contributed by atoms with Crippen molar-refractivity contribution in [1.82, 2.24) is 10.5 Å². The van der Waals surface area contributed by atoms with Gasteiger partial charge in [0.15, 0.2) is 5.76 Å². The topological polar surface area (TPSA) is 122 Å². The Bertz CT molecular complexity index is 1890. The summed E-state index contributed by atoms with van der Waals surface area (Å²) in [4.78, 5) is 12.4. The van der Waals surface area contributed by atoms with Crippen molar-refractivity contribution in [3.05, 3.63) is 136 Å². The van der Waals surface area contributed by atoms with E-state index < -0.39 is 21.8 Å². The van der Waals surface area contributed by atoms with E-state index in [0.717, 1.165) is 22.4 Å². The minimum Gasteiger partial charge on any atom is -0.748 e. The number of nitrogens with zero attached hydrogens (tertiary/aromatic N) is 1. The molecule has 0 aliphatic rings. The van der Waals surface area contributed by atoms with E-state index in [1.54, 1.807) is 36.4 Å². The van der Waals surface area contributed by atoms with E-state index in [1.165, 1.54) is 5.56 Å². The first-order valence-corrected chi connectivity index (χ1v) is 16.7. The summed E-state index contributed by atoms with van der Waals surface area (Å²) in [7, 11) is -4.40. The largest absolute Gasteiger partial charge is 1.00 e. The van der Waals surface area contributed by atoms with E-state index in [1.807, 2.05) is 42.5 Å². The zero-order valence-corrected chi connectivity index (χ0v) is 30.3. The smallest absolute Gasteiger partial charge is 0.748 e. The summed E-state index contributed by atoms with van der Waals surface area (Å²) in [6, 6.07) is 32.3. The van der Waals surface area contributed by atoms with Crippen LogP contribution in [0.5, 0.6) is 11.5 Å². The zero-order chi connectivity index (χ0) is 32.9. The minimum atomic E-state index is -4.40. The van der Waals surface area contributed by atoms with Crippen molar-refractivity contribution in [3.63, 3.8) is 0 Å². The molecule has 238 valence electrons. The average Bonchev–Trinajstić information content (AvgIpc) is 3.51. The molecule has 0 saturated heterocycles. The van der Waals surface area contributed by atoms with Crippen molar-refractivity contribution >= 4 is 27.6 Å². The van der Waals surface area contributed by atoms with E-state index in [0.29, 0.717) is 34.3 Å². The van der Waals surface area contributed by atoms with Crippen molar-refractivity contribution in [2.75, 3.05) is 12.3 Å². The van der Waals surface area contributed by atoms with Crippen molar-refractivity contribution < 1.29 is 56.6 Å². The molecular weight excluding hydrogens is 647 g/mol. The van der Waals surface area contributed by atoms with Crippen molar-refractivity contribution in [2.45, 2.75) is 38.5 Å². The van der Waals surface area contributed by atoms with Gasteiger partial charge in [-0.15, -0.1) is 0 Å². The second-order valence-electron chi connectivity index (χ2n) is 12.0. The maximum atomic E-state index is 12.4. The van der Waals surface area contributed by atoms with Crippen LogP contribution in [0.25, 0.3) is 11.3 Å². The van der Waals surface area contributed by atoms with Gasteiger partial charge >= 0.3 is 29.6 Å². The van der Waals surface area contributed by atoms with Gasteiger partial charge in [-0.05, 0) is 89.2 Å². The number of aromatic nitrogens is 1. The van der Waals surface area contributed by atoms with Crippen LogP contribution in [-0.2, 0) is 22.0 Å². The molecule has 0 aliphatic carbocycles. The van der Waals surface area contributed by atoms with Crippen molar-refractivity contribution in [3.8, 4) is 22.8 Å². The van der Waals surface area contributed by atoms with Crippen LogP contribution in [0.15, 0.2) is 108 Å². The average molecular weight is 681 g/mol. The number of hydrogen-bond acceptors (Lipinski definition) is 7. The van der Waals surface area contributed by atoms with Gasteiger partial charge in [0.25, 0.3) is 5.91 Å². The van der Waals surface area contributed by atoms with Crippen LogP contribution in [-0.4, -0.2) is 36.3 Å². The molecule has 1 atom stereocenters. The van der Waals surface area contributed by atoms with Crippen molar-refractivity contribution in [2.24, 2.45) is 0 Å². The first-order chi connectivity index (χ1) is 21.8. The van der Waals surface area contributed by atoms with Gasteiger partial charge < -0.3 is 19.1 Å². The molecule has 4 aromatic carbocycles. The molecule has 0 bridgehead atoms. The fourth-order valence-corrected chi connectivity index (χ4v) is 5.42. The number of amides is 1. The maximum Gasteiger partial charge on any atom is 1.00 e. The molecular formula is C36H34ClN2NaO6S. The molecule has 1 N–H and O–H groups in total. The standard InChI is InChI=1S/C36H35ClN2O6S.Na/c1-36(2,3)28-12-8-25(9-13-28)32(22-24-4-6-27(7-5-24)35(40)38-20-21-46(41,42)43)33-23-34(45-39-33)26-10-16-30(17-11-26)44-31-18-14-29(37)15-19-31;/h4-19,23,32H,20-22H2,1-3H3,(H,38,40)(H,41,42,43);/q;+1/p-1. The summed E-state index contributed by atoms with van der Waals surface area (Å²) in [6.45, 7) is 6.27. The number of halogens is 1. The van der Waals surface area contributed by atoms with Crippen LogP contribution in [0.4, 0.5) is 0 Å². The summed E-state index contributed by atoms with van der Waals surface area (Å²) < 4.78 is 44.3. The van der Waals surface area contributed by atoms with Crippen molar-refractivity contribution in [1.29, 1.82) is 0 Å². The summed E-state index contributed by atoms with van der Waals surface area (Å²) in [6.07, 6.45) is 0.588. The molecule has 5 aromatic rings. The maximum absolute atomic E-state index is 12.4. The normalized spacial score (nSPS) is 12.2. The SMILES string of the molecule is CC(C)(C)c1ccc(C(Cc2ccc(C(=O)NCCS(=O)(=O)[O-])cc2)c2cc(-c3ccc(Oc4ccc(Cl)cc4)cc3)on2)cc1.[Na+]. The first kappa shape index (κ1) is 36.4. The number of ether oxygens (including phenoxy) is 1. The molecule has 1 amide bonds. The van der Waals surface area contributed by atoms with Gasteiger partial charge in [0.1, 0.15) is 11.5 Å². The van der Waals surface area contributed by atoms with E-state index in [-0.39, 0.29) is 47.4 Å². The van der Waals surface area contributed by atoms with Crippen LogP contribution in [0.2, 0.25) is 5.02 Å². The number of hydrogen-bond donors (Lipinski definition) is 1. The van der Waals surface area contributed by atoms with Gasteiger partial charge in [-0.25, -0.2) is 8.42 Å². The summed E-state index contributed by atoms with van der Waals surface area (Å²) >= 11 is 5.97. The van der Waals surface area contributed by atoms with E-state index in [9.17, 15) is 17.8 Å². The molecule has 0 aliphatic heterocycles. The molecule has 0 saturated carbocycles. The van der Waals surface area contributed by atoms with Gasteiger partial charge in [0, 0.05) is 34.7 Å². The molecule has 1 aromatic heterocycles. The number of carbonyl (C=O) groups is 1. The Labute approximate surface area is 302 Å². The monoisotopic (exact) mass is 680 g/mol. The number of nitrogens with one attached hydrogen (secondary N) is 1. The predicted octanol–water partition coefficient (Wildman–Crippen LogP) is 4.74. The Kier molecular flexibility index (Phi) is 12.1. The molecule has 0 radical (unpaired) electrons. The van der Waals surface area contributed by atoms with Crippen LogP contribution in [0.1, 0.15) is 59.4 Å². The fraction of sp³-hybridized carbons (Fsp3) is 0.222. The third-order valence-corrected chi connectivity index (χ3v) is 8.50. The Balaban J connectivity index is 0.00000500. The minimum absolute atomic E-state index is 0. The summed E-state index contributed by atoms with van der Waals surface area (Å²) in [5.41, 5.74) is 5.25. The molecule has 5 rings (SSSR count). The molecule has 8 nitrogen and oxygen atoms in total. The molecule has 0 fully saturated rings. The Morgan fingerprint density at radius 3 is 2.09 bits per heavy atom. The van der Waals surface area contributed by atoms with Gasteiger partial charge in [0.2, 0.25) is 0 Å². The van der Waals surface area contributed by atoms with Gasteiger partial charge in [-0.3, -0.25) is 4.79 Å². The first-order valence-electron chi connectivity index (χ1n) is 14.8. The number of benzene rings is 4. The van der Waals surface area contributed by atoms with Crippen LogP contribution in [0, 0.1) is 0 Å². The van der Waals surface area contributed by atoms with E-state index in [2.05, 4.69) is 55.5 Å². The van der Waals surface area contributed by atoms with Crippen LogP contribution in [0.3, 0.4) is 0 Å². The zero-order valence-electron chi connectivity index (χ0n) is 26.7. The van der Waals surface area contributed by atoms with E-state index >= 15 is 0 Å². The molecule has 1 unspecified atom stereocenters. The fourth-order valence-electron chi connectivity index (χ4n) is 4.94.